The Morgan fingerprint density at radius 3 is 1.23 bits per heavy atom. The van der Waals surface area contributed by atoms with Gasteiger partial charge in [0.05, 0.1) is 12.5 Å². The second-order valence-electron chi connectivity index (χ2n) is 12.2. The van der Waals surface area contributed by atoms with Gasteiger partial charge in [-0.05, 0) is 117 Å². The van der Waals surface area contributed by atoms with E-state index in [1.165, 1.54) is 0 Å². The number of carboxylic acids is 2. The van der Waals surface area contributed by atoms with Crippen molar-refractivity contribution in [1.29, 1.82) is 0 Å². The highest BCUT2D eigenvalue weighted by Crippen LogP contribution is 2.23. The van der Waals surface area contributed by atoms with E-state index < -0.39 is 47.4 Å². The third-order valence-corrected chi connectivity index (χ3v) is 6.06. The van der Waals surface area contributed by atoms with Crippen LogP contribution >= 0.6 is 0 Å². The Balaban J connectivity index is 0.000000440. The van der Waals surface area contributed by atoms with Crippen molar-refractivity contribution in [3.63, 3.8) is 0 Å². The van der Waals surface area contributed by atoms with Crippen LogP contribution in [0.15, 0.2) is 56.8 Å². The molecule has 0 aromatic carbocycles. The van der Waals surface area contributed by atoms with Gasteiger partial charge in [-0.15, -0.1) is 0 Å². The number of carbonyl (C=O) groups is 4. The summed E-state index contributed by atoms with van der Waals surface area (Å²) < 4.78 is 20.7. The lowest BCUT2D eigenvalue weighted by atomic mass is 10.0. The molecule has 0 fully saturated rings. The average molecular weight is 619 g/mol. The molecule has 2 aromatic rings. The Labute approximate surface area is 258 Å². The van der Waals surface area contributed by atoms with E-state index in [2.05, 4.69) is 10.6 Å². The van der Waals surface area contributed by atoms with Crippen molar-refractivity contribution < 1.29 is 47.7 Å². The molecule has 4 N–H and O–H groups in total. The van der Waals surface area contributed by atoms with E-state index in [4.69, 9.17) is 18.3 Å². The van der Waals surface area contributed by atoms with Crippen molar-refractivity contribution in [2.24, 2.45) is 0 Å². The van der Waals surface area contributed by atoms with Crippen LogP contribution in [0.2, 0.25) is 0 Å². The van der Waals surface area contributed by atoms with Gasteiger partial charge in [-0.2, -0.15) is 0 Å². The molecule has 2 amide bonds. The first-order valence-electron chi connectivity index (χ1n) is 14.0. The zero-order chi connectivity index (χ0) is 33.8. The van der Waals surface area contributed by atoms with Crippen LogP contribution in [0, 0.1) is 0 Å². The molecule has 0 unspecified atom stereocenters. The maximum absolute atomic E-state index is 11.7. The predicted octanol–water partition coefficient (Wildman–Crippen LogP) is 6.88. The van der Waals surface area contributed by atoms with Gasteiger partial charge < -0.3 is 39.2 Å². The Hall–Kier alpha value is -4.48. The van der Waals surface area contributed by atoms with E-state index in [9.17, 15) is 29.4 Å². The molecule has 0 spiro atoms. The molecule has 0 bridgehead atoms. The van der Waals surface area contributed by atoms with Crippen LogP contribution < -0.4 is 10.6 Å². The monoisotopic (exact) mass is 618 g/mol. The van der Waals surface area contributed by atoms with E-state index in [1.807, 2.05) is 27.7 Å². The van der Waals surface area contributed by atoms with Crippen molar-refractivity contribution in [1.82, 2.24) is 10.6 Å². The van der Waals surface area contributed by atoms with Crippen molar-refractivity contribution in [3.8, 4) is 0 Å². The average Bonchev–Trinajstić information content (AvgIpc) is 3.59. The van der Waals surface area contributed by atoms with Crippen LogP contribution in [0.1, 0.15) is 93.6 Å². The smallest absolute Gasteiger partial charge is 0.408 e. The lowest BCUT2D eigenvalue weighted by Crippen LogP contribution is -2.43. The van der Waals surface area contributed by atoms with Gasteiger partial charge >= 0.3 is 24.1 Å². The molecule has 0 aliphatic rings. The Morgan fingerprint density at radius 1 is 0.682 bits per heavy atom. The topological polar surface area (TPSA) is 178 Å². The Morgan fingerprint density at radius 2 is 1.00 bits per heavy atom. The maximum atomic E-state index is 11.7. The predicted molar refractivity (Wildman–Crippen MR) is 165 cm³/mol. The van der Waals surface area contributed by atoms with E-state index >= 15 is 0 Å². The number of amides is 2. The number of rotatable bonds is 10. The fourth-order valence-electron chi connectivity index (χ4n) is 3.62. The summed E-state index contributed by atoms with van der Waals surface area (Å²) in [6.45, 7) is 17.6. The number of furan rings is 2. The number of alkyl carbamates (subject to hydrolysis) is 2. The number of hydrogen-bond donors (Lipinski definition) is 4. The summed E-state index contributed by atoms with van der Waals surface area (Å²) in [6.07, 6.45) is 1.95. The van der Waals surface area contributed by atoms with E-state index in [1.54, 1.807) is 78.3 Å². The molecule has 0 aliphatic heterocycles. The fourth-order valence-corrected chi connectivity index (χ4v) is 3.62. The third kappa shape index (κ3) is 14.1. The standard InChI is InChI=1S/2C16H23NO5/c2*1-10(11(2)13-7-6-8-21-13)9-12(14(18)19)17-15(20)22-16(3,4)5/h2*6-8,12H,9H2,1-5H3,(H,17,20)(H,18,19)/b11-10+;11-10-/t2*12-/m00/s1. The van der Waals surface area contributed by atoms with Crippen LogP contribution in [0.25, 0.3) is 11.1 Å². The summed E-state index contributed by atoms with van der Waals surface area (Å²) >= 11 is 0. The summed E-state index contributed by atoms with van der Waals surface area (Å²) in [5, 5.41) is 23.3. The molecule has 12 heteroatoms. The van der Waals surface area contributed by atoms with Crippen molar-refractivity contribution in [2.45, 2.75) is 105 Å². The van der Waals surface area contributed by atoms with Gasteiger partial charge in [-0.3, -0.25) is 0 Å². The second kappa shape index (κ2) is 16.4. The third-order valence-electron chi connectivity index (χ3n) is 6.06. The highest BCUT2D eigenvalue weighted by Gasteiger charge is 2.26. The van der Waals surface area contributed by atoms with Gasteiger partial charge in [0.15, 0.2) is 0 Å². The van der Waals surface area contributed by atoms with Gasteiger partial charge in [0.2, 0.25) is 0 Å². The zero-order valence-corrected chi connectivity index (χ0v) is 27.2. The van der Waals surface area contributed by atoms with Crippen LogP contribution in [-0.4, -0.2) is 57.6 Å². The molecule has 2 aromatic heterocycles. The Kier molecular flexibility index (Phi) is 14.0. The van der Waals surface area contributed by atoms with Crippen molar-refractivity contribution >= 4 is 35.3 Å². The van der Waals surface area contributed by atoms with Gasteiger partial charge in [0, 0.05) is 0 Å². The number of allylic oxidation sites excluding steroid dienone is 2. The van der Waals surface area contributed by atoms with Crippen LogP contribution in [0.3, 0.4) is 0 Å². The molecular weight excluding hydrogens is 572 g/mol. The first-order valence-corrected chi connectivity index (χ1v) is 14.0. The molecule has 44 heavy (non-hydrogen) atoms. The van der Waals surface area contributed by atoms with E-state index in [-0.39, 0.29) is 12.8 Å². The molecule has 0 saturated heterocycles. The summed E-state index contributed by atoms with van der Waals surface area (Å²) in [4.78, 5) is 46.1. The van der Waals surface area contributed by atoms with Crippen molar-refractivity contribution in [2.75, 3.05) is 0 Å². The molecule has 12 nitrogen and oxygen atoms in total. The maximum Gasteiger partial charge on any atom is 0.408 e. The quantitative estimate of drug-likeness (QED) is 0.219. The van der Waals surface area contributed by atoms with Crippen LogP contribution in [0.4, 0.5) is 9.59 Å². The molecular formula is C32H46N2O10. The molecule has 2 rings (SSSR count). The van der Waals surface area contributed by atoms with Crippen molar-refractivity contribution in [3.05, 3.63) is 59.5 Å². The zero-order valence-electron chi connectivity index (χ0n) is 27.2. The van der Waals surface area contributed by atoms with E-state index in [0.717, 1.165) is 22.3 Å². The molecule has 0 saturated carbocycles. The van der Waals surface area contributed by atoms with Crippen LogP contribution in [-0.2, 0) is 19.1 Å². The second-order valence-corrected chi connectivity index (χ2v) is 12.2. The fraction of sp³-hybridized carbons (Fsp3) is 0.500. The number of carboxylic acid groups (broad SMARTS) is 2. The molecule has 244 valence electrons. The van der Waals surface area contributed by atoms with Crippen LogP contribution in [0.5, 0.6) is 0 Å². The molecule has 2 heterocycles. The minimum absolute atomic E-state index is 0.168. The number of aliphatic carboxylic acids is 2. The van der Waals surface area contributed by atoms with Gasteiger partial charge in [0.1, 0.15) is 34.8 Å². The summed E-state index contributed by atoms with van der Waals surface area (Å²) in [5.41, 5.74) is 1.98. The highest BCUT2D eigenvalue weighted by molar-refractivity contribution is 5.81. The SMILES string of the molecule is C/C(C[C@H](NC(=O)OC(C)(C)C)C(=O)O)=C(/C)c1ccco1.C/C(C[C@H](NC(=O)OC(C)(C)C)C(=O)O)=C(\C)c1ccco1. The lowest BCUT2D eigenvalue weighted by molar-refractivity contribution is -0.140. The van der Waals surface area contributed by atoms with Gasteiger partial charge in [0.25, 0.3) is 0 Å². The number of carbonyl (C=O) groups excluding carboxylic acids is 2. The first kappa shape index (κ1) is 37.5. The van der Waals surface area contributed by atoms with E-state index in [0.29, 0.717) is 11.5 Å². The largest absolute Gasteiger partial charge is 0.480 e. The first-order chi connectivity index (χ1) is 20.2. The number of hydrogen-bond acceptors (Lipinski definition) is 8. The van der Waals surface area contributed by atoms with Gasteiger partial charge in [-0.25, -0.2) is 19.2 Å². The minimum atomic E-state index is -1.11. The lowest BCUT2D eigenvalue weighted by Gasteiger charge is -2.22. The Bertz CT molecular complexity index is 1210. The molecule has 0 radical (unpaired) electrons. The minimum Gasteiger partial charge on any atom is -0.480 e. The normalized spacial score (nSPS) is 14.0. The summed E-state index contributed by atoms with van der Waals surface area (Å²) in [7, 11) is 0. The summed E-state index contributed by atoms with van der Waals surface area (Å²) in [6, 6.07) is 5.02. The molecule has 0 aliphatic carbocycles. The van der Waals surface area contributed by atoms with Gasteiger partial charge in [-0.1, -0.05) is 11.1 Å². The summed E-state index contributed by atoms with van der Waals surface area (Å²) in [5.74, 6) is -0.868. The molecule has 2 atom stereocenters. The number of nitrogens with one attached hydrogen (secondary N) is 2. The number of ether oxygens (including phenoxy) is 2. The highest BCUT2D eigenvalue weighted by atomic mass is 16.6.